The lowest BCUT2D eigenvalue weighted by atomic mass is 10.3. The lowest BCUT2D eigenvalue weighted by molar-refractivity contribution is -0.114. The molecular formula is C23H22Cl3N3O6S2. The van der Waals surface area contributed by atoms with Crippen LogP contribution < -0.4 is 19.1 Å². The fourth-order valence-electron chi connectivity index (χ4n) is 3.13. The Morgan fingerprint density at radius 3 is 2.00 bits per heavy atom. The largest absolute Gasteiger partial charge is 0.494 e. The predicted octanol–water partition coefficient (Wildman–Crippen LogP) is 5.25. The van der Waals surface area contributed by atoms with Gasteiger partial charge >= 0.3 is 0 Å². The van der Waals surface area contributed by atoms with Crippen molar-refractivity contribution < 1.29 is 26.4 Å². The van der Waals surface area contributed by atoms with Crippen LogP contribution in [0.25, 0.3) is 0 Å². The first-order valence-corrected chi connectivity index (χ1v) is 15.0. The summed E-state index contributed by atoms with van der Waals surface area (Å²) in [6.45, 7) is 1.72. The molecule has 0 saturated carbocycles. The normalized spacial score (nSPS) is 11.6. The van der Waals surface area contributed by atoms with E-state index in [1.54, 1.807) is 24.3 Å². The SMILES string of the molecule is CCOc1ccc(NS(=O)(=O)c2ccc(NC(=O)CN(c3cc(Cl)c(Cl)cc3Cl)S(C)(=O)=O)cc2)cc1. The van der Waals surface area contributed by atoms with E-state index in [2.05, 4.69) is 10.0 Å². The van der Waals surface area contributed by atoms with Crippen molar-refractivity contribution in [1.82, 2.24) is 0 Å². The highest BCUT2D eigenvalue weighted by molar-refractivity contribution is 7.92. The summed E-state index contributed by atoms with van der Waals surface area (Å²) in [4.78, 5) is 12.6. The Hall–Kier alpha value is -2.70. The third kappa shape index (κ3) is 7.65. The van der Waals surface area contributed by atoms with Crippen LogP contribution in [0.15, 0.2) is 65.6 Å². The van der Waals surface area contributed by atoms with Gasteiger partial charge in [-0.2, -0.15) is 0 Å². The van der Waals surface area contributed by atoms with Crippen molar-refractivity contribution in [3.05, 3.63) is 75.7 Å². The van der Waals surface area contributed by atoms with Crippen LogP contribution in [-0.2, 0) is 24.8 Å². The number of carbonyl (C=O) groups excluding carboxylic acids is 1. The molecule has 0 aliphatic heterocycles. The van der Waals surface area contributed by atoms with Crippen molar-refractivity contribution in [2.24, 2.45) is 0 Å². The van der Waals surface area contributed by atoms with Crippen LogP contribution >= 0.6 is 34.8 Å². The summed E-state index contributed by atoms with van der Waals surface area (Å²) >= 11 is 18.0. The van der Waals surface area contributed by atoms with E-state index in [9.17, 15) is 21.6 Å². The fraction of sp³-hybridized carbons (Fsp3) is 0.174. The molecule has 0 atom stereocenters. The molecule has 3 aromatic carbocycles. The quantitative estimate of drug-likeness (QED) is 0.304. The van der Waals surface area contributed by atoms with Gasteiger partial charge in [-0.25, -0.2) is 16.8 Å². The van der Waals surface area contributed by atoms with E-state index in [0.717, 1.165) is 10.6 Å². The third-order valence-corrected chi connectivity index (χ3v) is 8.36. The third-order valence-electron chi connectivity index (χ3n) is 4.81. The Kier molecular flexibility index (Phi) is 9.19. The first kappa shape index (κ1) is 28.9. The Morgan fingerprint density at radius 2 is 1.43 bits per heavy atom. The second kappa shape index (κ2) is 11.8. The second-order valence-electron chi connectivity index (χ2n) is 7.62. The van der Waals surface area contributed by atoms with Crippen LogP contribution in [0.3, 0.4) is 0 Å². The maximum absolute atomic E-state index is 12.7. The number of nitrogens with one attached hydrogen (secondary N) is 2. The molecule has 2 N–H and O–H groups in total. The van der Waals surface area contributed by atoms with Crippen LogP contribution in [0, 0.1) is 0 Å². The number of hydrogen-bond donors (Lipinski definition) is 2. The van der Waals surface area contributed by atoms with Gasteiger partial charge in [0.1, 0.15) is 12.3 Å². The number of carbonyl (C=O) groups is 1. The number of ether oxygens (including phenoxy) is 1. The molecule has 0 aromatic heterocycles. The summed E-state index contributed by atoms with van der Waals surface area (Å²) in [7, 11) is -7.83. The average Bonchev–Trinajstić information content (AvgIpc) is 2.81. The molecule has 0 saturated heterocycles. The van der Waals surface area contributed by atoms with Crippen molar-refractivity contribution in [3.63, 3.8) is 0 Å². The van der Waals surface area contributed by atoms with Crippen LogP contribution in [0.4, 0.5) is 17.1 Å². The maximum Gasteiger partial charge on any atom is 0.261 e. The van der Waals surface area contributed by atoms with Crippen molar-refractivity contribution in [2.45, 2.75) is 11.8 Å². The number of halogens is 3. The summed E-state index contributed by atoms with van der Waals surface area (Å²) in [5.41, 5.74) is 0.580. The van der Waals surface area contributed by atoms with Crippen molar-refractivity contribution in [3.8, 4) is 5.75 Å². The molecule has 0 radical (unpaired) electrons. The lowest BCUT2D eigenvalue weighted by Crippen LogP contribution is -2.37. The molecule has 0 bridgehead atoms. The molecule has 9 nitrogen and oxygen atoms in total. The minimum atomic E-state index is -3.93. The van der Waals surface area contributed by atoms with Gasteiger partial charge in [-0.05, 0) is 67.6 Å². The Morgan fingerprint density at radius 1 is 0.865 bits per heavy atom. The highest BCUT2D eigenvalue weighted by atomic mass is 35.5. The molecule has 1 amide bonds. The van der Waals surface area contributed by atoms with Gasteiger partial charge in [-0.15, -0.1) is 0 Å². The van der Waals surface area contributed by atoms with Gasteiger partial charge in [0.05, 0.1) is 38.5 Å². The molecule has 14 heteroatoms. The van der Waals surface area contributed by atoms with E-state index >= 15 is 0 Å². The molecule has 3 aromatic rings. The van der Waals surface area contributed by atoms with Gasteiger partial charge < -0.3 is 10.1 Å². The Balaban J connectivity index is 1.72. The van der Waals surface area contributed by atoms with E-state index < -0.39 is 32.5 Å². The number of anilines is 3. The summed E-state index contributed by atoms with van der Waals surface area (Å²) < 4.78 is 58.7. The van der Waals surface area contributed by atoms with Crippen LogP contribution in [0.1, 0.15) is 6.92 Å². The van der Waals surface area contributed by atoms with Crippen LogP contribution in [0.2, 0.25) is 15.1 Å². The highest BCUT2D eigenvalue weighted by Crippen LogP contribution is 2.35. The molecular weight excluding hydrogens is 585 g/mol. The average molecular weight is 607 g/mol. The smallest absolute Gasteiger partial charge is 0.261 e. The summed E-state index contributed by atoms with van der Waals surface area (Å²) in [5.74, 6) is -0.0860. The van der Waals surface area contributed by atoms with E-state index in [1.165, 1.54) is 36.4 Å². The van der Waals surface area contributed by atoms with E-state index in [-0.39, 0.29) is 31.3 Å². The van der Waals surface area contributed by atoms with Gasteiger partial charge in [-0.1, -0.05) is 34.8 Å². The number of sulfonamides is 2. The van der Waals surface area contributed by atoms with Gasteiger partial charge in [0, 0.05) is 11.4 Å². The standard InChI is InChI=1S/C23H22Cl3N3O6S2/c1-3-35-17-8-4-16(5-9-17)28-37(33,34)18-10-6-15(7-11-18)27-23(30)14-29(36(2,31)32)22-13-20(25)19(24)12-21(22)26/h4-13,28H,3,14H2,1-2H3,(H,27,30). The number of rotatable bonds is 10. The molecule has 0 aliphatic rings. The Bertz CT molecular complexity index is 1500. The second-order valence-corrected chi connectivity index (χ2v) is 12.4. The minimum absolute atomic E-state index is 0.0118. The lowest BCUT2D eigenvalue weighted by Gasteiger charge is -2.23. The van der Waals surface area contributed by atoms with Crippen molar-refractivity contribution >= 4 is 77.8 Å². The molecule has 198 valence electrons. The van der Waals surface area contributed by atoms with E-state index in [4.69, 9.17) is 39.5 Å². The molecule has 0 aliphatic carbocycles. The molecule has 3 rings (SSSR count). The van der Waals surface area contributed by atoms with Crippen LogP contribution in [-0.4, -0.2) is 42.2 Å². The minimum Gasteiger partial charge on any atom is -0.494 e. The fourth-order valence-corrected chi connectivity index (χ4v) is 5.74. The summed E-state index contributed by atoms with van der Waals surface area (Å²) in [5, 5.41) is 2.70. The van der Waals surface area contributed by atoms with Crippen molar-refractivity contribution in [2.75, 3.05) is 33.8 Å². The van der Waals surface area contributed by atoms with Gasteiger partial charge in [0.15, 0.2) is 0 Å². The summed E-state index contributed by atoms with van der Waals surface area (Å²) in [6, 6.07) is 14.3. The maximum atomic E-state index is 12.7. The molecule has 37 heavy (non-hydrogen) atoms. The molecule has 0 spiro atoms. The molecule has 0 fully saturated rings. The predicted molar refractivity (Wildman–Crippen MR) is 147 cm³/mol. The van der Waals surface area contributed by atoms with Gasteiger partial charge in [0.25, 0.3) is 10.0 Å². The van der Waals surface area contributed by atoms with Crippen molar-refractivity contribution in [1.29, 1.82) is 0 Å². The van der Waals surface area contributed by atoms with Crippen LogP contribution in [0.5, 0.6) is 5.75 Å². The number of benzene rings is 3. The first-order valence-electron chi connectivity index (χ1n) is 10.6. The Labute approximate surface area is 230 Å². The monoisotopic (exact) mass is 605 g/mol. The van der Waals surface area contributed by atoms with Gasteiger partial charge in [0.2, 0.25) is 15.9 Å². The number of hydrogen-bond acceptors (Lipinski definition) is 6. The first-order chi connectivity index (χ1) is 17.3. The number of nitrogens with zero attached hydrogens (tertiary/aromatic N) is 1. The molecule has 0 heterocycles. The zero-order chi connectivity index (χ0) is 27.4. The van der Waals surface area contributed by atoms with Gasteiger partial charge in [-0.3, -0.25) is 13.8 Å². The van der Waals surface area contributed by atoms with E-state index in [1.807, 2.05) is 6.92 Å². The highest BCUT2D eigenvalue weighted by Gasteiger charge is 2.24. The zero-order valence-corrected chi connectivity index (χ0v) is 23.4. The summed E-state index contributed by atoms with van der Waals surface area (Å²) in [6.07, 6.45) is 0.913. The molecule has 0 unspecified atom stereocenters. The topological polar surface area (TPSA) is 122 Å². The number of amides is 1. The zero-order valence-electron chi connectivity index (χ0n) is 19.5. The van der Waals surface area contributed by atoms with E-state index in [0.29, 0.717) is 18.0 Å².